The van der Waals surface area contributed by atoms with Gasteiger partial charge in [0.1, 0.15) is 10.9 Å². The van der Waals surface area contributed by atoms with E-state index in [1.807, 2.05) is 30.3 Å². The molecule has 2 heterocycles. The van der Waals surface area contributed by atoms with Crippen molar-refractivity contribution in [2.24, 2.45) is 0 Å². The SMILES string of the molecule is O=C(COC(=O)[C@@H]1CS[C@]2(c3ccccc3)CCC(=O)N12)NC(=O)NC1CC1. The van der Waals surface area contributed by atoms with Gasteiger partial charge in [-0.3, -0.25) is 14.9 Å². The van der Waals surface area contributed by atoms with Crippen molar-refractivity contribution in [3.05, 3.63) is 35.9 Å². The summed E-state index contributed by atoms with van der Waals surface area (Å²) in [7, 11) is 0. The molecule has 3 aliphatic rings. The topological polar surface area (TPSA) is 105 Å². The molecular weight excluding hydrogens is 382 g/mol. The van der Waals surface area contributed by atoms with Crippen LogP contribution in [0.25, 0.3) is 0 Å². The fraction of sp³-hybridized carbons (Fsp3) is 0.474. The highest BCUT2D eigenvalue weighted by atomic mass is 32.2. The van der Waals surface area contributed by atoms with Crippen LogP contribution in [0.2, 0.25) is 0 Å². The summed E-state index contributed by atoms with van der Waals surface area (Å²) in [6, 6.07) is 8.44. The van der Waals surface area contributed by atoms with Crippen molar-refractivity contribution < 1.29 is 23.9 Å². The highest BCUT2D eigenvalue weighted by molar-refractivity contribution is 8.00. The molecule has 1 aromatic carbocycles. The minimum absolute atomic E-state index is 0.0935. The zero-order chi connectivity index (χ0) is 19.7. The molecule has 0 unspecified atom stereocenters. The molecule has 148 valence electrons. The average molecular weight is 403 g/mol. The van der Waals surface area contributed by atoms with Crippen LogP contribution in [0.3, 0.4) is 0 Å². The minimum Gasteiger partial charge on any atom is -0.454 e. The van der Waals surface area contributed by atoms with Gasteiger partial charge in [0, 0.05) is 18.2 Å². The molecule has 2 aliphatic heterocycles. The lowest BCUT2D eigenvalue weighted by Crippen LogP contribution is -2.47. The first kappa shape index (κ1) is 18.8. The van der Waals surface area contributed by atoms with Crippen LogP contribution < -0.4 is 10.6 Å². The molecule has 3 fully saturated rings. The highest BCUT2D eigenvalue weighted by Gasteiger charge is 2.57. The van der Waals surface area contributed by atoms with Gasteiger partial charge in [-0.05, 0) is 24.8 Å². The normalized spacial score (nSPS) is 25.9. The van der Waals surface area contributed by atoms with Crippen molar-refractivity contribution in [3.63, 3.8) is 0 Å². The third-order valence-corrected chi connectivity index (χ3v) is 6.73. The van der Waals surface area contributed by atoms with Crippen LogP contribution in [-0.4, -0.2) is 53.2 Å². The van der Waals surface area contributed by atoms with Gasteiger partial charge in [0.15, 0.2) is 6.61 Å². The van der Waals surface area contributed by atoms with Crippen molar-refractivity contribution in [2.75, 3.05) is 12.4 Å². The summed E-state index contributed by atoms with van der Waals surface area (Å²) < 4.78 is 5.11. The standard InChI is InChI=1S/C19H21N3O5S/c23-15(21-18(26)20-13-6-7-13)10-27-17(25)14-11-28-19(9-8-16(24)22(14)19)12-4-2-1-3-5-12/h1-5,13-14H,6-11H2,(H2,20,21,23,26)/t14-,19-/m0/s1. The number of nitrogens with one attached hydrogen (secondary N) is 2. The molecule has 1 aliphatic carbocycles. The lowest BCUT2D eigenvalue weighted by molar-refractivity contribution is -0.156. The van der Waals surface area contributed by atoms with E-state index in [0.29, 0.717) is 18.6 Å². The first-order valence-electron chi connectivity index (χ1n) is 9.28. The molecule has 2 saturated heterocycles. The summed E-state index contributed by atoms with van der Waals surface area (Å²) in [5.41, 5.74) is 0.982. The maximum atomic E-state index is 12.6. The number of ether oxygens (including phenoxy) is 1. The van der Waals surface area contributed by atoms with E-state index in [9.17, 15) is 19.2 Å². The van der Waals surface area contributed by atoms with E-state index in [2.05, 4.69) is 10.6 Å². The largest absolute Gasteiger partial charge is 0.454 e. The minimum atomic E-state index is -0.742. The summed E-state index contributed by atoms with van der Waals surface area (Å²) >= 11 is 1.55. The molecule has 1 saturated carbocycles. The molecule has 2 N–H and O–H groups in total. The third kappa shape index (κ3) is 3.58. The van der Waals surface area contributed by atoms with Gasteiger partial charge in [-0.2, -0.15) is 0 Å². The van der Waals surface area contributed by atoms with E-state index in [-0.39, 0.29) is 11.9 Å². The van der Waals surface area contributed by atoms with Crippen LogP contribution in [0, 0.1) is 0 Å². The Bertz CT molecular complexity index is 813. The number of hydrogen-bond donors (Lipinski definition) is 2. The number of carbonyl (C=O) groups excluding carboxylic acids is 4. The van der Waals surface area contributed by atoms with E-state index in [1.54, 1.807) is 16.7 Å². The monoisotopic (exact) mass is 403 g/mol. The van der Waals surface area contributed by atoms with Crippen LogP contribution in [-0.2, 0) is 24.0 Å². The molecule has 0 aromatic heterocycles. The molecule has 0 radical (unpaired) electrons. The van der Waals surface area contributed by atoms with Crippen LogP contribution in [0.5, 0.6) is 0 Å². The van der Waals surface area contributed by atoms with Crippen LogP contribution in [0.4, 0.5) is 4.79 Å². The number of amides is 4. The Hall–Kier alpha value is -2.55. The number of fused-ring (bicyclic) bond motifs is 1. The molecule has 0 bridgehead atoms. The molecule has 8 nitrogen and oxygen atoms in total. The lowest BCUT2D eigenvalue weighted by atomic mass is 10.0. The van der Waals surface area contributed by atoms with Gasteiger partial charge >= 0.3 is 12.0 Å². The van der Waals surface area contributed by atoms with Gasteiger partial charge in [-0.15, -0.1) is 11.8 Å². The molecule has 0 spiro atoms. The summed E-state index contributed by atoms with van der Waals surface area (Å²) in [6.07, 6.45) is 2.81. The Morgan fingerprint density at radius 3 is 2.68 bits per heavy atom. The number of benzene rings is 1. The number of thioether (sulfide) groups is 1. The molecule has 9 heteroatoms. The lowest BCUT2D eigenvalue weighted by Gasteiger charge is -2.33. The van der Waals surface area contributed by atoms with E-state index >= 15 is 0 Å². The number of carbonyl (C=O) groups is 4. The van der Waals surface area contributed by atoms with Gasteiger partial charge in [-0.25, -0.2) is 9.59 Å². The fourth-order valence-corrected chi connectivity index (χ4v) is 5.30. The van der Waals surface area contributed by atoms with Crippen molar-refractivity contribution in [3.8, 4) is 0 Å². The van der Waals surface area contributed by atoms with Crippen molar-refractivity contribution in [1.82, 2.24) is 15.5 Å². The predicted octanol–water partition coefficient (Wildman–Crippen LogP) is 1.11. The van der Waals surface area contributed by atoms with Crippen LogP contribution in [0.15, 0.2) is 30.3 Å². The number of urea groups is 1. The highest BCUT2D eigenvalue weighted by Crippen LogP contribution is 2.54. The van der Waals surface area contributed by atoms with Crippen LogP contribution in [0.1, 0.15) is 31.2 Å². The Morgan fingerprint density at radius 2 is 1.96 bits per heavy atom. The van der Waals surface area contributed by atoms with Crippen molar-refractivity contribution >= 4 is 35.6 Å². The third-order valence-electron chi connectivity index (χ3n) is 5.14. The van der Waals surface area contributed by atoms with Gasteiger partial charge < -0.3 is 15.0 Å². The van der Waals surface area contributed by atoms with Gasteiger partial charge in [0.05, 0.1) is 0 Å². The maximum Gasteiger partial charge on any atom is 0.330 e. The Morgan fingerprint density at radius 1 is 1.21 bits per heavy atom. The molecule has 4 amide bonds. The molecular formula is C19H21N3O5S. The van der Waals surface area contributed by atoms with Crippen molar-refractivity contribution in [1.29, 1.82) is 0 Å². The average Bonchev–Trinajstić information content (AvgIpc) is 3.31. The summed E-state index contributed by atoms with van der Waals surface area (Å²) in [6.45, 7) is -0.557. The first-order valence-corrected chi connectivity index (χ1v) is 10.3. The second kappa shape index (κ2) is 7.46. The first-order chi connectivity index (χ1) is 13.5. The number of hydrogen-bond acceptors (Lipinski definition) is 6. The predicted molar refractivity (Wildman–Crippen MR) is 101 cm³/mol. The molecule has 2 atom stereocenters. The smallest absolute Gasteiger partial charge is 0.330 e. The quantitative estimate of drug-likeness (QED) is 0.714. The Labute approximate surface area is 166 Å². The Kier molecular flexibility index (Phi) is 5.01. The van der Waals surface area contributed by atoms with Gasteiger partial charge in [0.2, 0.25) is 5.91 Å². The number of rotatable bonds is 5. The number of imide groups is 1. The Balaban J connectivity index is 1.37. The van der Waals surface area contributed by atoms with Gasteiger partial charge in [-0.1, -0.05) is 30.3 Å². The second-order valence-electron chi connectivity index (χ2n) is 7.14. The van der Waals surface area contributed by atoms with E-state index in [1.165, 1.54) is 0 Å². The molecule has 28 heavy (non-hydrogen) atoms. The summed E-state index contributed by atoms with van der Waals surface area (Å²) in [4.78, 5) is 49.5. The number of esters is 1. The van der Waals surface area contributed by atoms with Crippen molar-refractivity contribution in [2.45, 2.75) is 42.6 Å². The second-order valence-corrected chi connectivity index (χ2v) is 8.44. The zero-order valence-electron chi connectivity index (χ0n) is 15.2. The van der Waals surface area contributed by atoms with E-state index in [4.69, 9.17) is 4.74 Å². The summed E-state index contributed by atoms with van der Waals surface area (Å²) in [5, 5.41) is 4.75. The summed E-state index contributed by atoms with van der Waals surface area (Å²) in [5.74, 6) is -1.01. The maximum absolute atomic E-state index is 12.6. The van der Waals surface area contributed by atoms with Crippen LogP contribution >= 0.6 is 11.8 Å². The molecule has 4 rings (SSSR count). The molecule has 1 aromatic rings. The van der Waals surface area contributed by atoms with Gasteiger partial charge in [0.25, 0.3) is 5.91 Å². The zero-order valence-corrected chi connectivity index (χ0v) is 16.0. The van der Waals surface area contributed by atoms with E-state index < -0.39 is 35.4 Å². The number of nitrogens with zero attached hydrogens (tertiary/aromatic N) is 1. The van der Waals surface area contributed by atoms with E-state index in [0.717, 1.165) is 18.4 Å². The fourth-order valence-electron chi connectivity index (χ4n) is 3.66.